The van der Waals surface area contributed by atoms with Crippen LogP contribution in [0.25, 0.3) is 0 Å². The smallest absolute Gasteiger partial charge is 0.254 e. The van der Waals surface area contributed by atoms with Gasteiger partial charge in [-0.25, -0.2) is 0 Å². The third-order valence-electron chi connectivity index (χ3n) is 2.02. The molecule has 0 bridgehead atoms. The van der Waals surface area contributed by atoms with Gasteiger partial charge in [-0.3, -0.25) is 4.79 Å². The van der Waals surface area contributed by atoms with Gasteiger partial charge in [0.05, 0.1) is 0 Å². The maximum Gasteiger partial charge on any atom is 0.254 e. The summed E-state index contributed by atoms with van der Waals surface area (Å²) in [4.78, 5) is 11.7. The van der Waals surface area contributed by atoms with E-state index in [1.165, 1.54) is 0 Å². The average molecular weight is 213 g/mol. The Morgan fingerprint density at radius 1 is 1.57 bits per heavy atom. The van der Waals surface area contributed by atoms with Gasteiger partial charge in [0, 0.05) is 37.8 Å². The van der Waals surface area contributed by atoms with E-state index in [-0.39, 0.29) is 5.56 Å². The molecule has 0 aromatic carbocycles. The molecule has 0 saturated carbocycles. The van der Waals surface area contributed by atoms with Crippen LogP contribution in [-0.4, -0.2) is 18.3 Å². The Morgan fingerprint density at radius 3 is 3.00 bits per heavy atom. The summed E-state index contributed by atoms with van der Waals surface area (Å²) >= 11 is 4.10. The predicted molar refractivity (Wildman–Crippen MR) is 59.9 cm³/mol. The Bertz CT molecular complexity index is 335. The van der Waals surface area contributed by atoms with Gasteiger partial charge in [0.25, 0.3) is 5.56 Å². The molecule has 0 spiro atoms. The molecule has 1 rings (SSSR count). The molecular weight excluding hydrogens is 198 g/mol. The molecular formula is C10H15NO2S. The van der Waals surface area contributed by atoms with Crippen LogP contribution in [0.4, 0.5) is 0 Å². The molecule has 1 aromatic rings. The Kier molecular flexibility index (Phi) is 4.76. The molecule has 0 aliphatic rings. The highest BCUT2D eigenvalue weighted by molar-refractivity contribution is 7.79. The number of aromatic nitrogens is 1. The van der Waals surface area contributed by atoms with Crippen molar-refractivity contribution < 1.29 is 4.74 Å². The zero-order valence-corrected chi connectivity index (χ0v) is 9.17. The van der Waals surface area contributed by atoms with Gasteiger partial charge in [-0.05, 0) is 12.5 Å². The van der Waals surface area contributed by atoms with E-state index in [0.717, 1.165) is 12.0 Å². The first-order valence-electron chi connectivity index (χ1n) is 4.57. The van der Waals surface area contributed by atoms with Crippen molar-refractivity contribution in [2.24, 2.45) is 0 Å². The molecule has 0 fully saturated rings. The Hall–Kier alpha value is -0.740. The highest BCUT2D eigenvalue weighted by atomic mass is 32.1. The van der Waals surface area contributed by atoms with Gasteiger partial charge in [0.1, 0.15) is 0 Å². The van der Waals surface area contributed by atoms with Crippen LogP contribution >= 0.6 is 12.6 Å². The number of pyridine rings is 1. The van der Waals surface area contributed by atoms with Gasteiger partial charge in [-0.15, -0.1) is 0 Å². The van der Waals surface area contributed by atoms with Crippen LogP contribution < -0.4 is 5.56 Å². The molecule has 0 unspecified atom stereocenters. The summed E-state index contributed by atoms with van der Waals surface area (Å²) in [5.74, 6) is 0.490. The van der Waals surface area contributed by atoms with E-state index in [2.05, 4.69) is 12.6 Å². The zero-order valence-electron chi connectivity index (χ0n) is 8.27. The minimum atomic E-state index is 0.0543. The highest BCUT2D eigenvalue weighted by Crippen LogP contribution is 1.96. The normalized spacial score (nSPS) is 10.4. The molecule has 4 heteroatoms. The van der Waals surface area contributed by atoms with Gasteiger partial charge >= 0.3 is 0 Å². The lowest BCUT2D eigenvalue weighted by atomic mass is 10.3. The number of hydrogen-bond acceptors (Lipinski definition) is 3. The van der Waals surface area contributed by atoms with E-state index in [4.69, 9.17) is 4.74 Å². The van der Waals surface area contributed by atoms with E-state index < -0.39 is 0 Å². The Labute approximate surface area is 89.1 Å². The molecule has 1 heterocycles. The van der Waals surface area contributed by atoms with Gasteiger partial charge in [-0.2, -0.15) is 12.6 Å². The molecule has 3 nitrogen and oxygen atoms in total. The van der Waals surface area contributed by atoms with E-state index in [1.807, 2.05) is 12.1 Å². The van der Waals surface area contributed by atoms with E-state index in [0.29, 0.717) is 18.9 Å². The Balaban J connectivity index is 2.72. The number of ether oxygens (including phenoxy) is 1. The molecule has 1 aromatic heterocycles. The van der Waals surface area contributed by atoms with Crippen molar-refractivity contribution in [2.75, 3.05) is 13.7 Å². The number of methoxy groups -OCH3 is 1. The standard InChI is InChI=1S/C10H15NO2S/c1-13-7-3-6-11-5-2-4-9(8-14)10(11)12/h2,4-5,14H,3,6-8H2,1H3. The third-order valence-corrected chi connectivity index (χ3v) is 2.36. The second-order valence-electron chi connectivity index (χ2n) is 3.04. The van der Waals surface area contributed by atoms with Gasteiger partial charge in [-0.1, -0.05) is 6.07 Å². The molecule has 78 valence electrons. The van der Waals surface area contributed by atoms with Crippen molar-refractivity contribution in [3.8, 4) is 0 Å². The van der Waals surface area contributed by atoms with Crippen LogP contribution in [0.5, 0.6) is 0 Å². The van der Waals surface area contributed by atoms with E-state index >= 15 is 0 Å². The first-order valence-corrected chi connectivity index (χ1v) is 5.21. The predicted octanol–water partition coefficient (Wildman–Crippen LogP) is 1.31. The molecule has 0 amide bonds. The highest BCUT2D eigenvalue weighted by Gasteiger charge is 2.00. The second-order valence-corrected chi connectivity index (χ2v) is 3.35. The second kappa shape index (κ2) is 5.88. The number of rotatable bonds is 5. The molecule has 0 radical (unpaired) electrons. The zero-order chi connectivity index (χ0) is 10.4. The first-order chi connectivity index (χ1) is 6.79. The van der Waals surface area contributed by atoms with Crippen molar-refractivity contribution in [2.45, 2.75) is 18.7 Å². The monoisotopic (exact) mass is 213 g/mol. The quantitative estimate of drug-likeness (QED) is 0.590. The first kappa shape index (κ1) is 11.3. The summed E-state index contributed by atoms with van der Waals surface area (Å²) in [6, 6.07) is 3.68. The fraction of sp³-hybridized carbons (Fsp3) is 0.500. The number of hydrogen-bond donors (Lipinski definition) is 1. The maximum absolute atomic E-state index is 11.7. The molecule has 0 saturated heterocycles. The lowest BCUT2D eigenvalue weighted by Crippen LogP contribution is -2.22. The van der Waals surface area contributed by atoms with E-state index in [1.54, 1.807) is 17.9 Å². The molecule has 0 N–H and O–H groups in total. The lowest BCUT2D eigenvalue weighted by Gasteiger charge is -2.06. The topological polar surface area (TPSA) is 31.2 Å². The van der Waals surface area contributed by atoms with Crippen molar-refractivity contribution in [1.82, 2.24) is 4.57 Å². The van der Waals surface area contributed by atoms with Gasteiger partial charge in [0.2, 0.25) is 0 Å². The van der Waals surface area contributed by atoms with Crippen LogP contribution in [0.3, 0.4) is 0 Å². The lowest BCUT2D eigenvalue weighted by molar-refractivity contribution is 0.190. The van der Waals surface area contributed by atoms with Crippen LogP contribution in [0.2, 0.25) is 0 Å². The minimum absolute atomic E-state index is 0.0543. The summed E-state index contributed by atoms with van der Waals surface area (Å²) in [6.45, 7) is 1.38. The maximum atomic E-state index is 11.7. The van der Waals surface area contributed by atoms with Crippen LogP contribution in [0.1, 0.15) is 12.0 Å². The van der Waals surface area contributed by atoms with Crippen LogP contribution in [-0.2, 0) is 17.0 Å². The van der Waals surface area contributed by atoms with E-state index in [9.17, 15) is 4.79 Å². The van der Waals surface area contributed by atoms with Crippen molar-refractivity contribution in [3.63, 3.8) is 0 Å². The van der Waals surface area contributed by atoms with Crippen LogP contribution in [0.15, 0.2) is 23.1 Å². The van der Waals surface area contributed by atoms with Crippen molar-refractivity contribution in [3.05, 3.63) is 34.2 Å². The van der Waals surface area contributed by atoms with Crippen molar-refractivity contribution in [1.29, 1.82) is 0 Å². The van der Waals surface area contributed by atoms with Crippen LogP contribution in [0, 0.1) is 0 Å². The largest absolute Gasteiger partial charge is 0.385 e. The van der Waals surface area contributed by atoms with Gasteiger partial charge in [0.15, 0.2) is 0 Å². The molecule has 0 aliphatic carbocycles. The third kappa shape index (κ3) is 2.89. The molecule has 0 atom stereocenters. The minimum Gasteiger partial charge on any atom is -0.385 e. The fourth-order valence-electron chi connectivity index (χ4n) is 1.26. The summed E-state index contributed by atoms with van der Waals surface area (Å²) in [5, 5.41) is 0. The molecule has 0 aliphatic heterocycles. The summed E-state index contributed by atoms with van der Waals surface area (Å²) in [5.41, 5.74) is 0.798. The molecule has 14 heavy (non-hydrogen) atoms. The van der Waals surface area contributed by atoms with Gasteiger partial charge < -0.3 is 9.30 Å². The summed E-state index contributed by atoms with van der Waals surface area (Å²) < 4.78 is 6.63. The van der Waals surface area contributed by atoms with Crippen molar-refractivity contribution >= 4 is 12.6 Å². The SMILES string of the molecule is COCCCn1cccc(CS)c1=O. The average Bonchev–Trinajstić information content (AvgIpc) is 2.21. The summed E-state index contributed by atoms with van der Waals surface area (Å²) in [6.07, 6.45) is 2.65. The Morgan fingerprint density at radius 2 is 2.36 bits per heavy atom. The number of nitrogens with zero attached hydrogens (tertiary/aromatic N) is 1. The summed E-state index contributed by atoms with van der Waals surface area (Å²) in [7, 11) is 1.66. The number of thiol groups is 1. The fourth-order valence-corrected chi connectivity index (χ4v) is 1.50. The number of aryl methyl sites for hydroxylation is 1.